The van der Waals surface area contributed by atoms with Crippen LogP contribution in [0.2, 0.25) is 0 Å². The van der Waals surface area contributed by atoms with E-state index in [0.29, 0.717) is 12.3 Å². The molecule has 0 aliphatic heterocycles. The molecule has 0 aliphatic rings. The summed E-state index contributed by atoms with van der Waals surface area (Å²) in [5, 5.41) is 4.26. The van der Waals surface area contributed by atoms with Crippen LogP contribution in [0.5, 0.6) is 0 Å². The maximum atomic E-state index is 6.26. The van der Waals surface area contributed by atoms with Crippen molar-refractivity contribution in [3.05, 3.63) is 31.4 Å². The minimum Gasteiger partial charge on any atom is -0.323 e. The van der Waals surface area contributed by atoms with Gasteiger partial charge in [0.15, 0.2) is 0 Å². The summed E-state index contributed by atoms with van der Waals surface area (Å²) in [7, 11) is 0. The molecule has 0 amide bonds. The van der Waals surface area contributed by atoms with Crippen molar-refractivity contribution in [1.29, 1.82) is 0 Å². The third-order valence-corrected chi connectivity index (χ3v) is 6.05. The second-order valence-electron chi connectivity index (χ2n) is 4.83. The molecule has 2 rings (SSSR count). The van der Waals surface area contributed by atoms with Gasteiger partial charge in [-0.1, -0.05) is 13.8 Å². The number of aromatic nitrogens is 3. The van der Waals surface area contributed by atoms with Gasteiger partial charge in [0.25, 0.3) is 0 Å². The van der Waals surface area contributed by atoms with E-state index in [2.05, 4.69) is 61.9 Å². The second kappa shape index (κ2) is 6.47. The summed E-state index contributed by atoms with van der Waals surface area (Å²) in [6, 6.07) is 2.01. The molecule has 0 radical (unpaired) electrons. The van der Waals surface area contributed by atoms with Gasteiger partial charge in [0.2, 0.25) is 0 Å². The summed E-state index contributed by atoms with van der Waals surface area (Å²) in [5.74, 6) is 1.49. The Morgan fingerprint density at radius 2 is 2.16 bits per heavy atom. The van der Waals surface area contributed by atoms with Crippen LogP contribution >= 0.6 is 43.2 Å². The number of hydrogen-bond donors (Lipinski definition) is 1. The summed E-state index contributed by atoms with van der Waals surface area (Å²) in [6.07, 6.45) is 2.30. The monoisotopic (exact) mass is 406 g/mol. The zero-order valence-corrected chi connectivity index (χ0v) is 14.8. The highest BCUT2D eigenvalue weighted by atomic mass is 79.9. The molecule has 2 N–H and O–H groups in total. The highest BCUT2D eigenvalue weighted by molar-refractivity contribution is 9.13. The third kappa shape index (κ3) is 3.87. The van der Waals surface area contributed by atoms with Crippen molar-refractivity contribution >= 4 is 43.2 Å². The molecule has 104 valence electrons. The first-order chi connectivity index (χ1) is 8.97. The Hall–Kier alpha value is -0.240. The Bertz CT molecular complexity index is 530. The molecule has 2 aromatic rings. The van der Waals surface area contributed by atoms with E-state index in [1.54, 1.807) is 17.7 Å². The molecule has 1 unspecified atom stereocenters. The first-order valence-corrected chi connectivity index (χ1v) is 8.44. The minimum atomic E-state index is -0.0530. The van der Waals surface area contributed by atoms with Crippen molar-refractivity contribution in [3.63, 3.8) is 0 Å². The first kappa shape index (κ1) is 15.2. The third-order valence-electron chi connectivity index (χ3n) is 2.67. The molecule has 0 aliphatic carbocycles. The fourth-order valence-corrected chi connectivity index (χ4v) is 3.88. The van der Waals surface area contributed by atoms with Gasteiger partial charge in [0.1, 0.15) is 12.2 Å². The van der Waals surface area contributed by atoms with E-state index in [1.165, 1.54) is 0 Å². The van der Waals surface area contributed by atoms with E-state index in [1.807, 2.05) is 4.68 Å². The SMILES string of the molecule is CC(C)Cn1ncnc1CC(N)c1cc(Br)c(Br)s1. The Morgan fingerprint density at radius 1 is 1.42 bits per heavy atom. The number of halogens is 2. The van der Waals surface area contributed by atoms with Crippen LogP contribution in [0.25, 0.3) is 0 Å². The Morgan fingerprint density at radius 3 is 2.74 bits per heavy atom. The molecule has 2 aromatic heterocycles. The molecule has 2 heterocycles. The van der Waals surface area contributed by atoms with E-state index in [9.17, 15) is 0 Å². The molecule has 1 atom stereocenters. The highest BCUT2D eigenvalue weighted by Crippen LogP contribution is 2.35. The van der Waals surface area contributed by atoms with E-state index in [-0.39, 0.29) is 6.04 Å². The molecule has 0 saturated heterocycles. The van der Waals surface area contributed by atoms with Crippen LogP contribution in [0.4, 0.5) is 0 Å². The van der Waals surface area contributed by atoms with Crippen molar-refractivity contribution in [2.75, 3.05) is 0 Å². The number of nitrogens with two attached hydrogens (primary N) is 1. The fraction of sp³-hybridized carbons (Fsp3) is 0.500. The number of thiophene rings is 1. The fourth-order valence-electron chi connectivity index (χ4n) is 1.79. The van der Waals surface area contributed by atoms with Crippen LogP contribution in [-0.4, -0.2) is 14.8 Å². The van der Waals surface area contributed by atoms with Gasteiger partial charge in [-0.3, -0.25) is 0 Å². The van der Waals surface area contributed by atoms with Crippen molar-refractivity contribution in [2.45, 2.75) is 32.9 Å². The van der Waals surface area contributed by atoms with Crippen LogP contribution in [-0.2, 0) is 13.0 Å². The van der Waals surface area contributed by atoms with E-state index >= 15 is 0 Å². The largest absolute Gasteiger partial charge is 0.323 e. The molecular formula is C12H16Br2N4S. The molecule has 7 heteroatoms. The van der Waals surface area contributed by atoms with Crippen molar-refractivity contribution < 1.29 is 0 Å². The predicted octanol–water partition coefficient (Wildman–Crippen LogP) is 3.76. The average molecular weight is 408 g/mol. The maximum Gasteiger partial charge on any atom is 0.138 e. The highest BCUT2D eigenvalue weighted by Gasteiger charge is 2.16. The van der Waals surface area contributed by atoms with Gasteiger partial charge in [0.05, 0.1) is 3.79 Å². The van der Waals surface area contributed by atoms with Gasteiger partial charge in [0, 0.05) is 28.4 Å². The minimum absolute atomic E-state index is 0.0530. The number of hydrogen-bond acceptors (Lipinski definition) is 4. The van der Waals surface area contributed by atoms with Crippen LogP contribution < -0.4 is 5.73 Å². The smallest absolute Gasteiger partial charge is 0.138 e. The van der Waals surface area contributed by atoms with Gasteiger partial charge in [-0.15, -0.1) is 11.3 Å². The predicted molar refractivity (Wildman–Crippen MR) is 85.2 cm³/mol. The molecule has 0 fully saturated rings. The standard InChI is InChI=1S/C12H16Br2N4S/c1-7(2)5-18-11(16-6-17-18)4-9(15)10-3-8(13)12(14)19-10/h3,6-7,9H,4-5,15H2,1-2H3. The topological polar surface area (TPSA) is 56.7 Å². The summed E-state index contributed by atoms with van der Waals surface area (Å²) >= 11 is 8.63. The summed E-state index contributed by atoms with van der Waals surface area (Å²) in [6.45, 7) is 5.21. The Balaban J connectivity index is 2.10. The van der Waals surface area contributed by atoms with Crippen LogP contribution in [0.3, 0.4) is 0 Å². The van der Waals surface area contributed by atoms with Gasteiger partial charge in [-0.2, -0.15) is 5.10 Å². The number of rotatable bonds is 5. The molecule has 0 saturated carbocycles. The summed E-state index contributed by atoms with van der Waals surface area (Å²) in [4.78, 5) is 5.45. The lowest BCUT2D eigenvalue weighted by molar-refractivity contribution is 0.460. The van der Waals surface area contributed by atoms with Crippen molar-refractivity contribution in [1.82, 2.24) is 14.8 Å². The van der Waals surface area contributed by atoms with Crippen LogP contribution in [0.1, 0.15) is 30.6 Å². The molecule has 19 heavy (non-hydrogen) atoms. The summed E-state index contributed by atoms with van der Waals surface area (Å²) < 4.78 is 4.07. The van der Waals surface area contributed by atoms with Gasteiger partial charge in [-0.25, -0.2) is 9.67 Å². The molecule has 4 nitrogen and oxygen atoms in total. The second-order valence-corrected chi connectivity index (χ2v) is 8.09. The lowest BCUT2D eigenvalue weighted by Crippen LogP contribution is -2.17. The van der Waals surface area contributed by atoms with E-state index in [4.69, 9.17) is 5.73 Å². The van der Waals surface area contributed by atoms with Gasteiger partial charge < -0.3 is 5.73 Å². The molecule has 0 aromatic carbocycles. The first-order valence-electron chi connectivity index (χ1n) is 6.04. The molecule has 0 spiro atoms. The molecular weight excluding hydrogens is 392 g/mol. The quantitative estimate of drug-likeness (QED) is 0.820. The van der Waals surface area contributed by atoms with Crippen molar-refractivity contribution in [2.24, 2.45) is 11.7 Å². The Kier molecular flexibility index (Phi) is 5.16. The normalized spacial score (nSPS) is 13.2. The van der Waals surface area contributed by atoms with Crippen molar-refractivity contribution in [3.8, 4) is 0 Å². The Labute approximate surface area is 133 Å². The lowest BCUT2D eigenvalue weighted by atomic mass is 10.1. The molecule has 0 bridgehead atoms. The van der Waals surface area contributed by atoms with Gasteiger partial charge in [-0.05, 0) is 43.8 Å². The number of nitrogens with zero attached hydrogens (tertiary/aromatic N) is 3. The van der Waals surface area contributed by atoms with Crippen LogP contribution in [0, 0.1) is 5.92 Å². The van der Waals surface area contributed by atoms with E-state index in [0.717, 1.165) is 25.5 Å². The average Bonchev–Trinajstić information content (AvgIpc) is 2.87. The summed E-state index contributed by atoms with van der Waals surface area (Å²) in [5.41, 5.74) is 6.26. The maximum absolute atomic E-state index is 6.26. The van der Waals surface area contributed by atoms with E-state index < -0.39 is 0 Å². The van der Waals surface area contributed by atoms with Crippen LogP contribution in [0.15, 0.2) is 20.7 Å². The lowest BCUT2D eigenvalue weighted by Gasteiger charge is -2.12. The van der Waals surface area contributed by atoms with Gasteiger partial charge >= 0.3 is 0 Å². The zero-order valence-electron chi connectivity index (χ0n) is 10.8. The zero-order chi connectivity index (χ0) is 14.0.